The molecule has 1 fully saturated rings. The quantitative estimate of drug-likeness (QED) is 0.379. The number of hydrogen-bond donors (Lipinski definition) is 1. The van der Waals surface area contributed by atoms with Crippen LogP contribution < -0.4 is 0 Å². The number of rotatable bonds is 7. The summed E-state index contributed by atoms with van der Waals surface area (Å²) in [7, 11) is -3.93. The highest BCUT2D eigenvalue weighted by Gasteiger charge is 2.47. The average molecular weight is 445 g/mol. The maximum atomic E-state index is 10.2. The lowest BCUT2D eigenvalue weighted by atomic mass is 9.88. The van der Waals surface area contributed by atoms with E-state index in [9.17, 15) is 5.11 Å². The second-order valence-corrected chi connectivity index (χ2v) is 21.3. The van der Waals surface area contributed by atoms with Crippen LogP contribution in [0.1, 0.15) is 61.8 Å². The van der Waals surface area contributed by atoms with Crippen molar-refractivity contribution >= 4 is 16.6 Å². The molecule has 0 radical (unpaired) electrons. The lowest BCUT2D eigenvalue weighted by molar-refractivity contribution is -0.148. The van der Waals surface area contributed by atoms with Crippen LogP contribution in [0.4, 0.5) is 0 Å². The van der Waals surface area contributed by atoms with E-state index in [0.29, 0.717) is 0 Å². The van der Waals surface area contributed by atoms with E-state index in [0.717, 1.165) is 6.42 Å². The molecular weight excluding hydrogens is 396 g/mol. The van der Waals surface area contributed by atoms with Crippen molar-refractivity contribution in [2.24, 2.45) is 5.92 Å². The van der Waals surface area contributed by atoms with Crippen LogP contribution in [0, 0.1) is 5.92 Å². The van der Waals surface area contributed by atoms with Gasteiger partial charge in [-0.1, -0.05) is 60.6 Å². The van der Waals surface area contributed by atoms with Crippen LogP contribution in [0.25, 0.3) is 0 Å². The minimum absolute atomic E-state index is 0.0226. The Hall–Kier alpha value is 0.0138. The van der Waals surface area contributed by atoms with Crippen molar-refractivity contribution in [3.63, 3.8) is 0 Å². The molecule has 1 aliphatic rings. The van der Waals surface area contributed by atoms with Gasteiger partial charge in [-0.15, -0.1) is 0 Å². The standard InChI is InChI=1S/C23H48O4Si2/c1-13-14-18-17(2)19(26-28(9,10)22(3,4)5)15-20(25-18)21(16-24)27-29(11,12)23(6,7)8/h13-14,17-21,24H,15-16H2,1-12H3/b14-13+/t17-,18+,19-,20+,21-/m0/s1. The summed E-state index contributed by atoms with van der Waals surface area (Å²) in [6, 6.07) is 0. The Morgan fingerprint density at radius 2 is 1.55 bits per heavy atom. The third kappa shape index (κ3) is 6.75. The van der Waals surface area contributed by atoms with Gasteiger partial charge in [-0.3, -0.25) is 0 Å². The molecule has 0 spiro atoms. The number of aliphatic hydroxyl groups is 1. The van der Waals surface area contributed by atoms with E-state index >= 15 is 0 Å². The van der Waals surface area contributed by atoms with E-state index in [1.807, 2.05) is 6.92 Å². The molecule has 5 atom stereocenters. The molecular formula is C23H48O4Si2. The second kappa shape index (κ2) is 9.66. The summed E-state index contributed by atoms with van der Waals surface area (Å²) >= 11 is 0. The highest BCUT2D eigenvalue weighted by molar-refractivity contribution is 6.74. The van der Waals surface area contributed by atoms with E-state index < -0.39 is 16.6 Å². The van der Waals surface area contributed by atoms with E-state index in [4.69, 9.17) is 13.6 Å². The largest absolute Gasteiger partial charge is 0.413 e. The Labute approximate surface area is 182 Å². The Morgan fingerprint density at radius 3 is 1.97 bits per heavy atom. The van der Waals surface area contributed by atoms with Gasteiger partial charge in [-0.05, 0) is 43.2 Å². The summed E-state index contributed by atoms with van der Waals surface area (Å²) in [6.07, 6.45) is 4.54. The van der Waals surface area contributed by atoms with Gasteiger partial charge in [0.2, 0.25) is 0 Å². The Kier molecular flexibility index (Phi) is 9.01. The van der Waals surface area contributed by atoms with Crippen molar-refractivity contribution in [2.45, 2.75) is 122 Å². The summed E-state index contributed by atoms with van der Waals surface area (Å²) in [6.45, 7) is 26.8. The Balaban J connectivity index is 3.13. The lowest BCUT2D eigenvalue weighted by Crippen LogP contribution is -2.56. The molecule has 1 rings (SSSR count). The van der Waals surface area contributed by atoms with E-state index in [1.165, 1.54) is 0 Å². The molecule has 1 N–H and O–H groups in total. The topological polar surface area (TPSA) is 47.9 Å². The van der Waals surface area contributed by atoms with Crippen molar-refractivity contribution in [1.82, 2.24) is 0 Å². The fourth-order valence-electron chi connectivity index (χ4n) is 3.18. The molecule has 0 saturated carbocycles. The molecule has 0 bridgehead atoms. The maximum Gasteiger partial charge on any atom is 0.192 e. The van der Waals surface area contributed by atoms with Crippen molar-refractivity contribution in [1.29, 1.82) is 0 Å². The van der Waals surface area contributed by atoms with Crippen molar-refractivity contribution in [2.75, 3.05) is 6.61 Å². The molecule has 4 nitrogen and oxygen atoms in total. The molecule has 0 unspecified atom stereocenters. The normalized spacial score (nSPS) is 28.7. The summed E-state index contributed by atoms with van der Waals surface area (Å²) in [5, 5.41) is 10.4. The van der Waals surface area contributed by atoms with Crippen LogP contribution in [-0.4, -0.2) is 52.8 Å². The van der Waals surface area contributed by atoms with Gasteiger partial charge in [0.25, 0.3) is 0 Å². The van der Waals surface area contributed by atoms with Crippen molar-refractivity contribution in [3.05, 3.63) is 12.2 Å². The molecule has 0 aromatic carbocycles. The lowest BCUT2D eigenvalue weighted by Gasteiger charge is -2.48. The minimum atomic E-state index is -2.02. The molecule has 0 amide bonds. The predicted molar refractivity (Wildman–Crippen MR) is 128 cm³/mol. The first-order valence-corrected chi connectivity index (χ1v) is 17.0. The molecule has 0 aromatic heterocycles. The first-order chi connectivity index (χ1) is 13.0. The van der Waals surface area contributed by atoms with Crippen molar-refractivity contribution < 1.29 is 18.7 Å². The molecule has 1 heterocycles. The highest BCUT2D eigenvalue weighted by Crippen LogP contribution is 2.42. The van der Waals surface area contributed by atoms with Crippen LogP contribution in [0.2, 0.25) is 36.3 Å². The zero-order chi connectivity index (χ0) is 22.8. The molecule has 6 heteroatoms. The average Bonchev–Trinajstić information content (AvgIpc) is 2.54. The molecule has 172 valence electrons. The summed E-state index contributed by atoms with van der Waals surface area (Å²) in [5.41, 5.74) is 0. The third-order valence-corrected chi connectivity index (χ3v) is 16.4. The van der Waals surface area contributed by atoms with Gasteiger partial charge in [0.05, 0.1) is 31.0 Å². The van der Waals surface area contributed by atoms with Crippen LogP contribution in [0.15, 0.2) is 12.2 Å². The summed E-state index contributed by atoms with van der Waals surface area (Å²) in [5.74, 6) is 0.267. The van der Waals surface area contributed by atoms with Crippen LogP contribution >= 0.6 is 0 Å². The van der Waals surface area contributed by atoms with Crippen molar-refractivity contribution in [3.8, 4) is 0 Å². The zero-order valence-corrected chi connectivity index (χ0v) is 23.1. The van der Waals surface area contributed by atoms with Gasteiger partial charge in [0.15, 0.2) is 16.6 Å². The maximum absolute atomic E-state index is 10.2. The van der Waals surface area contributed by atoms with Gasteiger partial charge < -0.3 is 18.7 Å². The molecule has 29 heavy (non-hydrogen) atoms. The summed E-state index contributed by atoms with van der Waals surface area (Å²) in [4.78, 5) is 0. The van der Waals surface area contributed by atoms with Crippen LogP contribution in [-0.2, 0) is 13.6 Å². The highest BCUT2D eigenvalue weighted by atomic mass is 28.4. The minimum Gasteiger partial charge on any atom is -0.413 e. The van der Waals surface area contributed by atoms with E-state index in [-0.39, 0.29) is 47.0 Å². The van der Waals surface area contributed by atoms with Gasteiger partial charge in [-0.2, -0.15) is 0 Å². The number of allylic oxidation sites excluding steroid dienone is 1. The Bertz CT molecular complexity index is 546. The van der Waals surface area contributed by atoms with Gasteiger partial charge >= 0.3 is 0 Å². The third-order valence-electron chi connectivity index (χ3n) is 7.38. The van der Waals surface area contributed by atoms with Gasteiger partial charge in [-0.25, -0.2) is 0 Å². The van der Waals surface area contributed by atoms with E-state index in [1.54, 1.807) is 0 Å². The fraction of sp³-hybridized carbons (Fsp3) is 0.913. The predicted octanol–water partition coefficient (Wildman–Crippen LogP) is 6.13. The van der Waals surface area contributed by atoms with Crippen LogP contribution in [0.5, 0.6) is 0 Å². The molecule has 0 aliphatic carbocycles. The SMILES string of the molecule is C/C=C/[C@H]1O[C@@H]([C@H](CO)O[Si](C)(C)C(C)(C)C)C[C@H](O[Si](C)(C)C(C)(C)C)[C@H]1C. The Morgan fingerprint density at radius 1 is 1.03 bits per heavy atom. The molecule has 1 saturated heterocycles. The van der Waals surface area contributed by atoms with Gasteiger partial charge in [0, 0.05) is 12.3 Å². The van der Waals surface area contributed by atoms with E-state index in [2.05, 4.69) is 86.8 Å². The van der Waals surface area contributed by atoms with Crippen LogP contribution in [0.3, 0.4) is 0 Å². The number of hydrogen-bond acceptors (Lipinski definition) is 4. The summed E-state index contributed by atoms with van der Waals surface area (Å²) < 4.78 is 19.9. The zero-order valence-electron chi connectivity index (χ0n) is 21.1. The monoisotopic (exact) mass is 444 g/mol. The van der Waals surface area contributed by atoms with Gasteiger partial charge in [0.1, 0.15) is 0 Å². The first kappa shape index (κ1) is 27.0. The number of aliphatic hydroxyl groups excluding tert-OH is 1. The number of ether oxygens (including phenoxy) is 1. The molecule has 0 aromatic rings. The smallest absolute Gasteiger partial charge is 0.192 e. The second-order valence-electron chi connectivity index (χ2n) is 11.8. The molecule has 1 aliphatic heterocycles. The first-order valence-electron chi connectivity index (χ1n) is 11.2. The fourth-order valence-corrected chi connectivity index (χ4v) is 5.94.